The van der Waals surface area contributed by atoms with Crippen molar-refractivity contribution in [3.05, 3.63) is 40.5 Å². The van der Waals surface area contributed by atoms with Crippen molar-refractivity contribution in [3.8, 4) is 0 Å². The van der Waals surface area contributed by atoms with Gasteiger partial charge in [-0.2, -0.15) is 18.7 Å². The number of halogens is 4. The third kappa shape index (κ3) is 3.25. The van der Waals surface area contributed by atoms with E-state index >= 15 is 0 Å². The molecule has 0 N–H and O–H groups in total. The first-order chi connectivity index (χ1) is 12.3. The summed E-state index contributed by atoms with van der Waals surface area (Å²) < 4.78 is 55.5. The van der Waals surface area contributed by atoms with E-state index in [1.807, 2.05) is 13.8 Å². The Bertz CT molecular complexity index is 963. The van der Waals surface area contributed by atoms with Crippen LogP contribution < -0.4 is 0 Å². The largest absolute Gasteiger partial charge is 0.253 e. The van der Waals surface area contributed by atoms with Crippen LogP contribution in [0.25, 0.3) is 5.78 Å². The topological polar surface area (TPSA) is 56.0 Å². The van der Waals surface area contributed by atoms with Crippen molar-refractivity contribution in [1.82, 2.24) is 24.6 Å². The Morgan fingerprint density at radius 3 is 2.23 bits per heavy atom. The summed E-state index contributed by atoms with van der Waals surface area (Å²) in [6.07, 6.45) is 2.83. The quantitative estimate of drug-likeness (QED) is 0.487. The third-order valence-electron chi connectivity index (χ3n) is 3.96. The van der Waals surface area contributed by atoms with Crippen LogP contribution in [0, 0.1) is 37.4 Å². The Hall–Kier alpha value is -2.23. The predicted molar refractivity (Wildman–Crippen MR) is 87.1 cm³/mol. The monoisotopic (exact) mass is 385 g/mol. The van der Waals surface area contributed by atoms with E-state index in [2.05, 4.69) is 27.0 Å². The zero-order valence-electron chi connectivity index (χ0n) is 14.3. The Balaban J connectivity index is 2.05. The Labute approximate surface area is 150 Å². The van der Waals surface area contributed by atoms with Crippen LogP contribution in [0.15, 0.2) is 10.1 Å². The van der Waals surface area contributed by atoms with Gasteiger partial charge >= 0.3 is 0 Å². The number of rotatable bonds is 5. The molecule has 0 aliphatic rings. The molecule has 0 bridgehead atoms. The maximum Gasteiger partial charge on any atom is 0.253 e. The molecule has 0 radical (unpaired) electrons. The van der Waals surface area contributed by atoms with Gasteiger partial charge in [0.05, 0.1) is 4.90 Å². The second-order valence-electron chi connectivity index (χ2n) is 5.72. The highest BCUT2D eigenvalue weighted by Gasteiger charge is 2.23. The number of aromatic nitrogens is 5. The van der Waals surface area contributed by atoms with Crippen LogP contribution in [-0.2, 0) is 6.42 Å². The molecule has 3 aromatic heterocycles. The molecule has 3 heterocycles. The number of fused-ring (bicyclic) bond motifs is 1. The Kier molecular flexibility index (Phi) is 5.12. The normalized spacial score (nSPS) is 11.5. The van der Waals surface area contributed by atoms with E-state index in [-0.39, 0.29) is 10.9 Å². The van der Waals surface area contributed by atoms with Crippen LogP contribution in [0.4, 0.5) is 17.6 Å². The first-order valence-corrected chi connectivity index (χ1v) is 8.75. The second kappa shape index (κ2) is 7.18. The zero-order valence-corrected chi connectivity index (χ0v) is 15.1. The number of nitrogens with zero attached hydrogens (tertiary/aromatic N) is 5. The molecular weight excluding hydrogens is 370 g/mol. The summed E-state index contributed by atoms with van der Waals surface area (Å²) in [5.74, 6) is -6.36. The summed E-state index contributed by atoms with van der Waals surface area (Å²) in [7, 11) is 0. The molecule has 3 aromatic rings. The van der Waals surface area contributed by atoms with Gasteiger partial charge in [-0.3, -0.25) is 0 Å². The molecule has 5 nitrogen and oxygen atoms in total. The lowest BCUT2D eigenvalue weighted by Crippen LogP contribution is -2.05. The van der Waals surface area contributed by atoms with E-state index < -0.39 is 28.4 Å². The fourth-order valence-electron chi connectivity index (χ4n) is 2.60. The molecule has 10 heteroatoms. The Morgan fingerprint density at radius 1 is 0.962 bits per heavy atom. The molecular formula is C16H15F4N5S. The summed E-state index contributed by atoms with van der Waals surface area (Å²) in [4.78, 5) is 10.1. The molecule has 0 saturated carbocycles. The lowest BCUT2D eigenvalue weighted by Gasteiger charge is -2.09. The molecule has 3 rings (SSSR count). The van der Waals surface area contributed by atoms with E-state index in [9.17, 15) is 17.6 Å². The molecule has 138 valence electrons. The smallest absolute Gasteiger partial charge is 0.216 e. The van der Waals surface area contributed by atoms with Crippen molar-refractivity contribution in [2.75, 3.05) is 0 Å². The minimum absolute atomic E-state index is 0.0737. The van der Waals surface area contributed by atoms with Crippen LogP contribution in [0.5, 0.6) is 0 Å². The van der Waals surface area contributed by atoms with Gasteiger partial charge in [0.1, 0.15) is 0 Å². The van der Waals surface area contributed by atoms with E-state index in [0.717, 1.165) is 36.2 Å². The highest BCUT2D eigenvalue weighted by molar-refractivity contribution is 7.99. The van der Waals surface area contributed by atoms with Crippen LogP contribution in [0.2, 0.25) is 0 Å². The summed E-state index contributed by atoms with van der Waals surface area (Å²) in [6.45, 7) is 5.78. The first-order valence-electron chi connectivity index (χ1n) is 7.94. The summed E-state index contributed by atoms with van der Waals surface area (Å²) in [6, 6.07) is 0. The molecule has 26 heavy (non-hydrogen) atoms. The lowest BCUT2D eigenvalue weighted by molar-refractivity contribution is 0.383. The van der Waals surface area contributed by atoms with Crippen molar-refractivity contribution < 1.29 is 17.6 Å². The molecule has 0 saturated heterocycles. The summed E-state index contributed by atoms with van der Waals surface area (Å²) in [5.41, 5.74) is 2.64. The van der Waals surface area contributed by atoms with Crippen LogP contribution in [-0.4, -0.2) is 24.6 Å². The van der Waals surface area contributed by atoms with Gasteiger partial charge in [-0.1, -0.05) is 13.3 Å². The SMILES string of the molecule is CCCCc1c(C)nc2nc(Sc3c(F)c(F)nc(F)c3F)nn2c1C. The van der Waals surface area contributed by atoms with Gasteiger partial charge in [-0.05, 0) is 44.0 Å². The number of hydrogen-bond acceptors (Lipinski definition) is 5. The fourth-order valence-corrected chi connectivity index (χ4v) is 3.38. The predicted octanol–water partition coefficient (Wildman–Crippen LogP) is 4.19. The molecule has 0 unspecified atom stereocenters. The number of aryl methyl sites for hydroxylation is 2. The van der Waals surface area contributed by atoms with Crippen molar-refractivity contribution in [3.63, 3.8) is 0 Å². The molecule has 0 amide bonds. The first kappa shape index (κ1) is 18.6. The van der Waals surface area contributed by atoms with Gasteiger partial charge in [0.2, 0.25) is 5.16 Å². The van der Waals surface area contributed by atoms with Crippen molar-refractivity contribution in [2.24, 2.45) is 0 Å². The van der Waals surface area contributed by atoms with Gasteiger partial charge in [0.25, 0.3) is 17.7 Å². The van der Waals surface area contributed by atoms with E-state index in [0.29, 0.717) is 11.8 Å². The zero-order chi connectivity index (χ0) is 19.0. The maximum atomic E-state index is 13.8. The molecule has 0 aliphatic carbocycles. The van der Waals surface area contributed by atoms with Crippen molar-refractivity contribution in [2.45, 2.75) is 50.1 Å². The number of hydrogen-bond donors (Lipinski definition) is 0. The minimum Gasteiger partial charge on any atom is -0.216 e. The number of unbranched alkanes of at least 4 members (excludes halogenated alkanes) is 1. The van der Waals surface area contributed by atoms with Gasteiger partial charge in [-0.15, -0.1) is 5.10 Å². The van der Waals surface area contributed by atoms with E-state index in [1.54, 1.807) is 0 Å². The van der Waals surface area contributed by atoms with Gasteiger partial charge < -0.3 is 0 Å². The average Bonchev–Trinajstić information content (AvgIpc) is 2.99. The highest BCUT2D eigenvalue weighted by atomic mass is 32.2. The van der Waals surface area contributed by atoms with Gasteiger partial charge in [0, 0.05) is 11.4 Å². The van der Waals surface area contributed by atoms with Gasteiger partial charge in [-0.25, -0.2) is 18.3 Å². The average molecular weight is 385 g/mol. The lowest BCUT2D eigenvalue weighted by atomic mass is 10.1. The Morgan fingerprint density at radius 2 is 1.62 bits per heavy atom. The molecule has 0 fully saturated rings. The van der Waals surface area contributed by atoms with Crippen LogP contribution in [0.3, 0.4) is 0 Å². The standard InChI is InChI=1S/C16H15F4N5S/c1-4-5-6-9-7(2)21-15-23-16(24-25(15)8(9)3)26-12-10(17)13(19)22-14(20)11(12)18/h4-6H2,1-3H3. The fraction of sp³-hybridized carbons (Fsp3) is 0.375. The van der Waals surface area contributed by atoms with Crippen molar-refractivity contribution >= 4 is 17.5 Å². The molecule has 0 atom stereocenters. The molecule has 0 aliphatic heterocycles. The van der Waals surface area contributed by atoms with E-state index in [4.69, 9.17) is 0 Å². The maximum absolute atomic E-state index is 13.8. The summed E-state index contributed by atoms with van der Waals surface area (Å²) >= 11 is 0.380. The molecule has 0 aromatic carbocycles. The van der Waals surface area contributed by atoms with Crippen LogP contribution in [0.1, 0.15) is 36.7 Å². The van der Waals surface area contributed by atoms with Crippen LogP contribution >= 0.6 is 11.8 Å². The second-order valence-corrected chi connectivity index (χ2v) is 6.70. The highest BCUT2D eigenvalue weighted by Crippen LogP contribution is 2.32. The van der Waals surface area contributed by atoms with Crippen molar-refractivity contribution in [1.29, 1.82) is 0 Å². The number of pyridine rings is 1. The summed E-state index contributed by atoms with van der Waals surface area (Å²) in [5, 5.41) is 4.09. The third-order valence-corrected chi connectivity index (χ3v) is 4.88. The van der Waals surface area contributed by atoms with E-state index in [1.165, 1.54) is 4.52 Å². The van der Waals surface area contributed by atoms with Gasteiger partial charge in [0.15, 0.2) is 11.6 Å². The minimum atomic E-state index is -1.72. The molecule has 0 spiro atoms.